The molecule has 0 N–H and O–H groups in total. The maximum Gasteiger partial charge on any atom is 0.269 e. The van der Waals surface area contributed by atoms with Crippen molar-refractivity contribution in [1.29, 1.82) is 0 Å². The van der Waals surface area contributed by atoms with Gasteiger partial charge in [-0.25, -0.2) is 5.01 Å². The number of nitro groups is 1. The predicted octanol–water partition coefficient (Wildman–Crippen LogP) is 4.38. The molecule has 180 valence electrons. The number of hydrogen-bond acceptors (Lipinski definition) is 7. The number of benzene rings is 3. The van der Waals surface area contributed by atoms with Crippen LogP contribution in [-0.2, 0) is 11.3 Å². The SMILES string of the molecule is COc1ccc(OC)c([C@H]2N(Cc3ccccc3)CC(=O)N2/N=C(/C)c2ccc([N+](=O)[O-])cc2)c1. The first-order chi connectivity index (χ1) is 16.9. The van der Waals surface area contributed by atoms with Gasteiger partial charge in [0.15, 0.2) is 0 Å². The summed E-state index contributed by atoms with van der Waals surface area (Å²) in [5.41, 5.74) is 3.04. The summed E-state index contributed by atoms with van der Waals surface area (Å²) >= 11 is 0. The average molecular weight is 475 g/mol. The average Bonchev–Trinajstić information content (AvgIpc) is 3.18. The molecule has 4 rings (SSSR count). The summed E-state index contributed by atoms with van der Waals surface area (Å²) in [6, 6.07) is 21.5. The van der Waals surface area contributed by atoms with Crippen molar-refractivity contribution in [2.24, 2.45) is 5.10 Å². The van der Waals surface area contributed by atoms with Gasteiger partial charge >= 0.3 is 0 Å². The molecular formula is C26H26N4O5. The van der Waals surface area contributed by atoms with Crippen LogP contribution in [0.5, 0.6) is 11.5 Å². The Kier molecular flexibility index (Phi) is 7.07. The van der Waals surface area contributed by atoms with Crippen LogP contribution >= 0.6 is 0 Å². The Bertz CT molecular complexity index is 1240. The summed E-state index contributed by atoms with van der Waals surface area (Å²) in [6.07, 6.45) is -0.541. The minimum Gasteiger partial charge on any atom is -0.497 e. The van der Waals surface area contributed by atoms with E-state index in [0.29, 0.717) is 29.3 Å². The van der Waals surface area contributed by atoms with Gasteiger partial charge in [-0.05, 0) is 48.4 Å². The van der Waals surface area contributed by atoms with Gasteiger partial charge < -0.3 is 9.47 Å². The lowest BCUT2D eigenvalue weighted by Gasteiger charge is -2.29. The van der Waals surface area contributed by atoms with E-state index in [1.54, 1.807) is 39.3 Å². The molecule has 1 amide bonds. The van der Waals surface area contributed by atoms with E-state index in [2.05, 4.69) is 5.10 Å². The molecule has 0 bridgehead atoms. The fourth-order valence-corrected chi connectivity index (χ4v) is 4.11. The zero-order valence-corrected chi connectivity index (χ0v) is 19.7. The van der Waals surface area contributed by atoms with Crippen molar-refractivity contribution in [3.05, 3.63) is 99.6 Å². The van der Waals surface area contributed by atoms with Crippen LogP contribution in [0.15, 0.2) is 77.9 Å². The molecule has 0 spiro atoms. The first kappa shape index (κ1) is 23.9. The number of nitro benzene ring substituents is 1. The Balaban J connectivity index is 1.76. The highest BCUT2D eigenvalue weighted by atomic mass is 16.6. The number of methoxy groups -OCH3 is 2. The second-order valence-electron chi connectivity index (χ2n) is 8.10. The minimum atomic E-state index is -0.541. The highest BCUT2D eigenvalue weighted by Gasteiger charge is 2.41. The predicted molar refractivity (Wildman–Crippen MR) is 131 cm³/mol. The molecule has 1 aliphatic rings. The van der Waals surface area contributed by atoms with Gasteiger partial charge in [-0.15, -0.1) is 0 Å². The van der Waals surface area contributed by atoms with Crippen molar-refractivity contribution in [3.8, 4) is 11.5 Å². The third-order valence-corrected chi connectivity index (χ3v) is 5.87. The number of nitrogens with zero attached hydrogens (tertiary/aromatic N) is 4. The molecule has 9 heteroatoms. The minimum absolute atomic E-state index is 0.00757. The van der Waals surface area contributed by atoms with Crippen LogP contribution < -0.4 is 9.47 Å². The monoisotopic (exact) mass is 474 g/mol. The molecule has 1 aliphatic heterocycles. The zero-order chi connectivity index (χ0) is 24.9. The summed E-state index contributed by atoms with van der Waals surface area (Å²) < 4.78 is 11.1. The van der Waals surface area contributed by atoms with E-state index in [1.165, 1.54) is 17.1 Å². The molecule has 1 fully saturated rings. The van der Waals surface area contributed by atoms with Crippen molar-refractivity contribution in [1.82, 2.24) is 9.91 Å². The van der Waals surface area contributed by atoms with E-state index in [4.69, 9.17) is 9.47 Å². The van der Waals surface area contributed by atoms with Crippen molar-refractivity contribution in [2.45, 2.75) is 19.6 Å². The van der Waals surface area contributed by atoms with E-state index >= 15 is 0 Å². The number of rotatable bonds is 8. The topological polar surface area (TPSA) is 97.5 Å². The molecule has 0 saturated carbocycles. The molecular weight excluding hydrogens is 448 g/mol. The molecule has 0 aromatic heterocycles. The zero-order valence-electron chi connectivity index (χ0n) is 19.7. The lowest BCUT2D eigenvalue weighted by atomic mass is 10.1. The lowest BCUT2D eigenvalue weighted by molar-refractivity contribution is -0.384. The van der Waals surface area contributed by atoms with Crippen molar-refractivity contribution in [3.63, 3.8) is 0 Å². The molecule has 0 unspecified atom stereocenters. The second-order valence-corrected chi connectivity index (χ2v) is 8.10. The summed E-state index contributed by atoms with van der Waals surface area (Å²) in [4.78, 5) is 25.8. The van der Waals surface area contributed by atoms with Gasteiger partial charge in [0.1, 0.15) is 17.7 Å². The van der Waals surface area contributed by atoms with Crippen molar-refractivity contribution in [2.75, 3.05) is 20.8 Å². The third kappa shape index (κ3) is 5.15. The normalized spacial score (nSPS) is 16.4. The first-order valence-corrected chi connectivity index (χ1v) is 11.0. The number of hydrazone groups is 1. The molecule has 1 heterocycles. The molecule has 35 heavy (non-hydrogen) atoms. The number of hydrogen-bond donors (Lipinski definition) is 0. The van der Waals surface area contributed by atoms with Crippen LogP contribution in [0.1, 0.15) is 29.8 Å². The van der Waals surface area contributed by atoms with Crippen LogP contribution in [0.2, 0.25) is 0 Å². The first-order valence-electron chi connectivity index (χ1n) is 11.0. The number of amides is 1. The molecule has 9 nitrogen and oxygen atoms in total. The van der Waals surface area contributed by atoms with Gasteiger partial charge in [0.25, 0.3) is 11.6 Å². The van der Waals surface area contributed by atoms with Crippen molar-refractivity contribution >= 4 is 17.3 Å². The van der Waals surface area contributed by atoms with Crippen LogP contribution in [0.25, 0.3) is 0 Å². The highest BCUT2D eigenvalue weighted by Crippen LogP contribution is 2.39. The van der Waals surface area contributed by atoms with E-state index in [-0.39, 0.29) is 18.1 Å². The summed E-state index contributed by atoms with van der Waals surface area (Å²) in [5, 5.41) is 17.1. The molecule has 3 aromatic rings. The van der Waals surface area contributed by atoms with Gasteiger partial charge in [-0.2, -0.15) is 5.10 Å². The fraction of sp³-hybridized carbons (Fsp3) is 0.231. The second kappa shape index (κ2) is 10.4. The number of carbonyl (C=O) groups is 1. The smallest absolute Gasteiger partial charge is 0.269 e. The Morgan fingerprint density at radius 2 is 1.77 bits per heavy atom. The van der Waals surface area contributed by atoms with E-state index in [9.17, 15) is 14.9 Å². The maximum atomic E-state index is 13.2. The maximum absolute atomic E-state index is 13.2. The third-order valence-electron chi connectivity index (χ3n) is 5.87. The van der Waals surface area contributed by atoms with E-state index in [1.807, 2.05) is 47.4 Å². The van der Waals surface area contributed by atoms with Gasteiger partial charge in [-0.1, -0.05) is 30.3 Å². The molecule has 0 aliphatic carbocycles. The lowest BCUT2D eigenvalue weighted by Crippen LogP contribution is -2.30. The quantitative estimate of drug-likeness (QED) is 0.273. The van der Waals surface area contributed by atoms with E-state index < -0.39 is 11.1 Å². The van der Waals surface area contributed by atoms with Crippen LogP contribution in [0.4, 0.5) is 5.69 Å². The molecule has 1 saturated heterocycles. The number of non-ortho nitro benzene ring substituents is 1. The Labute approximate surface area is 203 Å². The van der Waals surface area contributed by atoms with Crippen molar-refractivity contribution < 1.29 is 19.2 Å². The number of carbonyl (C=O) groups excluding carboxylic acids is 1. The Morgan fingerprint density at radius 3 is 2.40 bits per heavy atom. The van der Waals surface area contributed by atoms with Crippen LogP contribution in [0, 0.1) is 10.1 Å². The standard InChI is InChI=1S/C26H26N4O5/c1-18(20-9-11-21(12-10-20)30(32)33)27-29-25(31)17-28(16-19-7-5-4-6-8-19)26(29)23-15-22(34-2)13-14-24(23)35-3/h4-15,26H,16-17H2,1-3H3/b27-18-/t26-/m0/s1. The van der Waals surface area contributed by atoms with Crippen LogP contribution in [-0.4, -0.2) is 47.2 Å². The Hall–Kier alpha value is -4.24. The van der Waals surface area contributed by atoms with Gasteiger partial charge in [0, 0.05) is 24.2 Å². The van der Waals surface area contributed by atoms with Gasteiger partial charge in [0.2, 0.25) is 0 Å². The largest absolute Gasteiger partial charge is 0.497 e. The van der Waals surface area contributed by atoms with Gasteiger partial charge in [0.05, 0.1) is 31.4 Å². The number of ether oxygens (including phenoxy) is 2. The molecule has 3 aromatic carbocycles. The Morgan fingerprint density at radius 1 is 1.06 bits per heavy atom. The van der Waals surface area contributed by atoms with Gasteiger partial charge in [-0.3, -0.25) is 19.8 Å². The summed E-state index contributed by atoms with van der Waals surface area (Å²) in [7, 11) is 3.17. The molecule has 0 radical (unpaired) electrons. The summed E-state index contributed by atoms with van der Waals surface area (Å²) in [5.74, 6) is 1.07. The fourth-order valence-electron chi connectivity index (χ4n) is 4.11. The van der Waals surface area contributed by atoms with E-state index in [0.717, 1.165) is 11.1 Å². The molecule has 1 atom stereocenters. The summed E-state index contributed by atoms with van der Waals surface area (Å²) in [6.45, 7) is 2.46. The van der Waals surface area contributed by atoms with Crippen LogP contribution in [0.3, 0.4) is 0 Å². The highest BCUT2D eigenvalue weighted by molar-refractivity contribution is 5.99.